The summed E-state index contributed by atoms with van der Waals surface area (Å²) in [5.74, 6) is -1.28. The smallest absolute Gasteiger partial charge is 0.253 e. The minimum atomic E-state index is -0.764. The SMILES string of the molecule is CC(C)C(NC(=O)c1ccc(Cl)cc1Cl)C(=O)NCC(c1cccc(F)c1)N(C)C. The summed E-state index contributed by atoms with van der Waals surface area (Å²) in [4.78, 5) is 27.4. The molecule has 0 fully saturated rings. The van der Waals surface area contributed by atoms with Crippen LogP contribution in [-0.2, 0) is 4.79 Å². The van der Waals surface area contributed by atoms with Crippen molar-refractivity contribution in [3.63, 3.8) is 0 Å². The number of amides is 2. The van der Waals surface area contributed by atoms with Crippen LogP contribution in [0.3, 0.4) is 0 Å². The van der Waals surface area contributed by atoms with Gasteiger partial charge in [0.05, 0.1) is 16.6 Å². The Labute approximate surface area is 186 Å². The van der Waals surface area contributed by atoms with Gasteiger partial charge in [0.1, 0.15) is 11.9 Å². The number of nitrogens with zero attached hydrogens (tertiary/aromatic N) is 1. The third kappa shape index (κ3) is 6.42. The molecule has 2 rings (SSSR count). The van der Waals surface area contributed by atoms with E-state index in [0.717, 1.165) is 5.56 Å². The second kappa shape index (κ2) is 10.8. The average molecular weight is 454 g/mol. The zero-order valence-electron chi connectivity index (χ0n) is 17.4. The summed E-state index contributed by atoms with van der Waals surface area (Å²) in [5.41, 5.74) is 0.990. The van der Waals surface area contributed by atoms with Crippen LogP contribution in [0.5, 0.6) is 0 Å². The highest BCUT2D eigenvalue weighted by Crippen LogP contribution is 2.22. The Morgan fingerprint density at radius 2 is 1.80 bits per heavy atom. The maximum absolute atomic E-state index is 13.6. The highest BCUT2D eigenvalue weighted by molar-refractivity contribution is 6.36. The summed E-state index contributed by atoms with van der Waals surface area (Å²) in [7, 11) is 3.71. The number of rotatable bonds is 8. The number of carbonyl (C=O) groups excluding carboxylic acids is 2. The van der Waals surface area contributed by atoms with Gasteiger partial charge in [-0.2, -0.15) is 0 Å². The first-order valence-electron chi connectivity index (χ1n) is 9.55. The number of hydrogen-bond acceptors (Lipinski definition) is 3. The lowest BCUT2D eigenvalue weighted by molar-refractivity contribution is -0.124. The van der Waals surface area contributed by atoms with Crippen LogP contribution >= 0.6 is 23.2 Å². The minimum Gasteiger partial charge on any atom is -0.352 e. The predicted molar refractivity (Wildman–Crippen MR) is 118 cm³/mol. The monoisotopic (exact) mass is 453 g/mol. The van der Waals surface area contributed by atoms with Crippen molar-refractivity contribution in [1.82, 2.24) is 15.5 Å². The van der Waals surface area contributed by atoms with Gasteiger partial charge in [-0.1, -0.05) is 49.2 Å². The number of likely N-dealkylation sites (N-methyl/N-ethyl adjacent to an activating group) is 1. The molecule has 8 heteroatoms. The molecule has 0 bridgehead atoms. The van der Waals surface area contributed by atoms with E-state index in [-0.39, 0.29) is 40.8 Å². The quantitative estimate of drug-likeness (QED) is 0.625. The number of halogens is 3. The Balaban J connectivity index is 2.10. The van der Waals surface area contributed by atoms with Gasteiger partial charge in [-0.15, -0.1) is 0 Å². The molecule has 0 heterocycles. The summed E-state index contributed by atoms with van der Waals surface area (Å²) in [6, 6.07) is 9.83. The van der Waals surface area contributed by atoms with Crippen LogP contribution in [0.4, 0.5) is 4.39 Å². The molecule has 30 heavy (non-hydrogen) atoms. The first kappa shape index (κ1) is 24.1. The first-order valence-corrected chi connectivity index (χ1v) is 10.3. The molecule has 0 aliphatic rings. The molecule has 2 N–H and O–H groups in total. The van der Waals surface area contributed by atoms with E-state index in [9.17, 15) is 14.0 Å². The lowest BCUT2D eigenvalue weighted by atomic mass is 10.0. The van der Waals surface area contributed by atoms with Crippen LogP contribution in [-0.4, -0.2) is 43.4 Å². The Morgan fingerprint density at radius 1 is 1.10 bits per heavy atom. The highest BCUT2D eigenvalue weighted by Gasteiger charge is 2.26. The molecule has 2 amide bonds. The molecule has 2 aromatic carbocycles. The van der Waals surface area contributed by atoms with Crippen molar-refractivity contribution in [3.05, 3.63) is 69.5 Å². The zero-order chi connectivity index (χ0) is 22.4. The van der Waals surface area contributed by atoms with Crippen molar-refractivity contribution in [2.24, 2.45) is 5.92 Å². The van der Waals surface area contributed by atoms with Crippen molar-refractivity contribution >= 4 is 35.0 Å². The minimum absolute atomic E-state index is 0.160. The maximum Gasteiger partial charge on any atom is 0.253 e. The molecule has 5 nitrogen and oxygen atoms in total. The molecule has 2 atom stereocenters. The summed E-state index contributed by atoms with van der Waals surface area (Å²) in [6.45, 7) is 3.93. The average Bonchev–Trinajstić information content (AvgIpc) is 2.65. The molecule has 0 aliphatic carbocycles. The molecule has 0 aliphatic heterocycles. The Morgan fingerprint density at radius 3 is 2.37 bits per heavy atom. The van der Waals surface area contributed by atoms with Gasteiger partial charge in [0.25, 0.3) is 5.91 Å². The van der Waals surface area contributed by atoms with Crippen molar-refractivity contribution < 1.29 is 14.0 Å². The van der Waals surface area contributed by atoms with Gasteiger partial charge in [-0.3, -0.25) is 9.59 Å². The molecule has 0 saturated carbocycles. The van der Waals surface area contributed by atoms with Crippen molar-refractivity contribution in [2.45, 2.75) is 25.9 Å². The standard InChI is InChI=1S/C22H26Cl2FN3O2/c1-13(2)20(27-21(29)17-9-8-15(23)11-18(17)24)22(30)26-12-19(28(3)4)14-6-5-7-16(25)10-14/h5-11,13,19-20H,12H2,1-4H3,(H,26,30)(H,27,29). The predicted octanol–water partition coefficient (Wildman–Crippen LogP) is 4.31. The van der Waals surface area contributed by atoms with E-state index in [1.54, 1.807) is 12.1 Å². The van der Waals surface area contributed by atoms with Gasteiger partial charge in [0.15, 0.2) is 0 Å². The lowest BCUT2D eigenvalue weighted by Crippen LogP contribution is -2.51. The van der Waals surface area contributed by atoms with Crippen LogP contribution in [0, 0.1) is 11.7 Å². The molecule has 0 saturated heterocycles. The van der Waals surface area contributed by atoms with Gasteiger partial charge in [0.2, 0.25) is 5.91 Å². The fraction of sp³-hybridized carbons (Fsp3) is 0.364. The fourth-order valence-corrected chi connectivity index (χ4v) is 3.54. The Bertz CT molecular complexity index is 906. The normalized spacial score (nSPS) is 13.2. The molecule has 0 aromatic heterocycles. The molecule has 2 unspecified atom stereocenters. The molecular weight excluding hydrogens is 428 g/mol. The van der Waals surface area contributed by atoms with E-state index >= 15 is 0 Å². The molecule has 0 spiro atoms. The first-order chi connectivity index (χ1) is 14.1. The van der Waals surface area contributed by atoms with E-state index in [4.69, 9.17) is 23.2 Å². The number of carbonyl (C=O) groups is 2. The van der Waals surface area contributed by atoms with Crippen LogP contribution < -0.4 is 10.6 Å². The summed E-state index contributed by atoms with van der Waals surface area (Å²) in [5, 5.41) is 6.24. The number of hydrogen-bond donors (Lipinski definition) is 2. The zero-order valence-corrected chi connectivity index (χ0v) is 18.9. The third-order valence-corrected chi connectivity index (χ3v) is 5.29. The van der Waals surface area contributed by atoms with E-state index in [1.165, 1.54) is 24.3 Å². The second-order valence-corrected chi connectivity index (χ2v) is 8.44. The Kier molecular flexibility index (Phi) is 8.65. The molecule has 0 radical (unpaired) electrons. The molecular formula is C22H26Cl2FN3O2. The van der Waals surface area contributed by atoms with Gasteiger partial charge in [-0.25, -0.2) is 4.39 Å². The van der Waals surface area contributed by atoms with Crippen LogP contribution in [0.15, 0.2) is 42.5 Å². The van der Waals surface area contributed by atoms with Gasteiger partial charge in [-0.05, 0) is 55.9 Å². The van der Waals surface area contributed by atoms with Crippen LogP contribution in [0.1, 0.15) is 35.8 Å². The summed E-state index contributed by atoms with van der Waals surface area (Å²) >= 11 is 12.0. The summed E-state index contributed by atoms with van der Waals surface area (Å²) < 4.78 is 13.6. The Hall–Kier alpha value is -2.15. The van der Waals surface area contributed by atoms with Crippen LogP contribution in [0.25, 0.3) is 0 Å². The van der Waals surface area contributed by atoms with Crippen molar-refractivity contribution in [2.75, 3.05) is 20.6 Å². The van der Waals surface area contributed by atoms with Gasteiger partial charge >= 0.3 is 0 Å². The van der Waals surface area contributed by atoms with E-state index in [2.05, 4.69) is 10.6 Å². The van der Waals surface area contributed by atoms with Crippen LogP contribution in [0.2, 0.25) is 10.0 Å². The number of nitrogens with one attached hydrogen (secondary N) is 2. The van der Waals surface area contributed by atoms with Crippen molar-refractivity contribution in [3.8, 4) is 0 Å². The topological polar surface area (TPSA) is 61.4 Å². The fourth-order valence-electron chi connectivity index (χ4n) is 3.05. The third-order valence-electron chi connectivity index (χ3n) is 4.74. The molecule has 162 valence electrons. The van der Waals surface area contributed by atoms with Gasteiger partial charge < -0.3 is 15.5 Å². The largest absolute Gasteiger partial charge is 0.352 e. The van der Waals surface area contributed by atoms with Gasteiger partial charge in [0, 0.05) is 11.6 Å². The lowest BCUT2D eigenvalue weighted by Gasteiger charge is -2.27. The van der Waals surface area contributed by atoms with Crippen molar-refractivity contribution in [1.29, 1.82) is 0 Å². The molecule has 2 aromatic rings. The van der Waals surface area contributed by atoms with E-state index < -0.39 is 11.9 Å². The number of benzene rings is 2. The maximum atomic E-state index is 13.6. The van der Waals surface area contributed by atoms with E-state index in [1.807, 2.05) is 38.9 Å². The van der Waals surface area contributed by atoms with E-state index in [0.29, 0.717) is 5.02 Å². The summed E-state index contributed by atoms with van der Waals surface area (Å²) in [6.07, 6.45) is 0. The highest BCUT2D eigenvalue weighted by atomic mass is 35.5. The second-order valence-electron chi connectivity index (χ2n) is 7.60.